The maximum absolute atomic E-state index is 12.7. The van der Waals surface area contributed by atoms with Gasteiger partial charge in [-0.2, -0.15) is 0 Å². The number of anilines is 1. The molecule has 126 valence electrons. The molecule has 0 aliphatic carbocycles. The molecule has 1 aromatic carbocycles. The molecule has 23 heavy (non-hydrogen) atoms. The van der Waals surface area contributed by atoms with Crippen LogP contribution in [-0.4, -0.2) is 29.8 Å². The Morgan fingerprint density at radius 3 is 2.13 bits per heavy atom. The van der Waals surface area contributed by atoms with E-state index in [0.29, 0.717) is 5.92 Å². The molecule has 1 saturated heterocycles. The Morgan fingerprint density at radius 1 is 1.04 bits per heavy atom. The molecule has 2 rings (SSSR count). The second-order valence-corrected chi connectivity index (χ2v) is 7.21. The maximum Gasteiger partial charge on any atom is 0.239 e. The molecule has 4 heteroatoms. The topological polar surface area (TPSA) is 49.4 Å². The van der Waals surface area contributed by atoms with Crippen LogP contribution in [-0.2, 0) is 9.59 Å². The van der Waals surface area contributed by atoms with Gasteiger partial charge in [0.1, 0.15) is 5.41 Å². The first kappa shape index (κ1) is 17.5. The van der Waals surface area contributed by atoms with Crippen molar-refractivity contribution in [3.05, 3.63) is 29.8 Å². The molecule has 0 unspecified atom stereocenters. The first-order chi connectivity index (χ1) is 10.8. The number of amides is 2. The van der Waals surface area contributed by atoms with Gasteiger partial charge < -0.3 is 10.2 Å². The largest absolute Gasteiger partial charge is 0.342 e. The molecule has 0 saturated carbocycles. The average molecular weight is 316 g/mol. The third-order valence-electron chi connectivity index (χ3n) is 4.58. The van der Waals surface area contributed by atoms with Gasteiger partial charge in [-0.05, 0) is 56.7 Å². The lowest BCUT2D eigenvalue weighted by atomic mass is 9.89. The highest BCUT2D eigenvalue weighted by molar-refractivity contribution is 6.09. The van der Waals surface area contributed by atoms with Crippen molar-refractivity contribution in [1.82, 2.24) is 4.90 Å². The molecule has 1 aliphatic heterocycles. The van der Waals surface area contributed by atoms with Crippen molar-refractivity contribution in [3.63, 3.8) is 0 Å². The molecule has 1 aromatic rings. The molecule has 0 radical (unpaired) electrons. The Bertz CT molecular complexity index is 555. The molecule has 1 N–H and O–H groups in total. The maximum atomic E-state index is 12.7. The first-order valence-corrected chi connectivity index (χ1v) is 8.53. The summed E-state index contributed by atoms with van der Waals surface area (Å²) < 4.78 is 0. The molecular formula is C19H28N2O2. The number of carbonyl (C=O) groups excluding carboxylic acids is 2. The fraction of sp³-hybridized carbons (Fsp3) is 0.579. The minimum Gasteiger partial charge on any atom is -0.342 e. The standard InChI is InChI=1S/C19H28N2O2/c1-14(2)15-8-10-16(11-9-15)20-17(22)19(3,4)18(23)21-12-6-5-7-13-21/h8-11,14H,5-7,12-13H2,1-4H3,(H,20,22). The van der Waals surface area contributed by atoms with Gasteiger partial charge in [-0.15, -0.1) is 0 Å². The summed E-state index contributed by atoms with van der Waals surface area (Å²) in [5, 5.41) is 2.88. The van der Waals surface area contributed by atoms with Crippen molar-refractivity contribution in [1.29, 1.82) is 0 Å². The highest BCUT2D eigenvalue weighted by Gasteiger charge is 2.39. The molecule has 4 nitrogen and oxygen atoms in total. The van der Waals surface area contributed by atoms with Gasteiger partial charge in [-0.1, -0.05) is 26.0 Å². The third kappa shape index (κ3) is 4.12. The van der Waals surface area contributed by atoms with E-state index in [-0.39, 0.29) is 11.8 Å². The minimum atomic E-state index is -1.05. The van der Waals surface area contributed by atoms with Crippen molar-refractivity contribution >= 4 is 17.5 Å². The van der Waals surface area contributed by atoms with E-state index in [1.165, 1.54) is 12.0 Å². The van der Waals surface area contributed by atoms with E-state index in [0.717, 1.165) is 31.6 Å². The van der Waals surface area contributed by atoms with Crippen LogP contribution >= 0.6 is 0 Å². The number of nitrogens with one attached hydrogen (secondary N) is 1. The van der Waals surface area contributed by atoms with E-state index in [2.05, 4.69) is 19.2 Å². The molecule has 0 atom stereocenters. The van der Waals surface area contributed by atoms with Gasteiger partial charge in [-0.3, -0.25) is 9.59 Å². The molecule has 0 spiro atoms. The van der Waals surface area contributed by atoms with Gasteiger partial charge in [-0.25, -0.2) is 0 Å². The quantitative estimate of drug-likeness (QED) is 0.859. The lowest BCUT2D eigenvalue weighted by molar-refractivity contribution is -0.147. The summed E-state index contributed by atoms with van der Waals surface area (Å²) >= 11 is 0. The van der Waals surface area contributed by atoms with Crippen molar-refractivity contribution in [3.8, 4) is 0 Å². The van der Waals surface area contributed by atoms with Gasteiger partial charge in [0.05, 0.1) is 0 Å². The molecule has 2 amide bonds. The van der Waals surface area contributed by atoms with Gasteiger partial charge >= 0.3 is 0 Å². The van der Waals surface area contributed by atoms with Crippen LogP contribution in [0.4, 0.5) is 5.69 Å². The van der Waals surface area contributed by atoms with E-state index < -0.39 is 5.41 Å². The van der Waals surface area contributed by atoms with E-state index in [1.54, 1.807) is 13.8 Å². The molecule has 1 heterocycles. The average Bonchev–Trinajstić information content (AvgIpc) is 2.55. The number of piperidine rings is 1. The van der Waals surface area contributed by atoms with Crippen LogP contribution in [0.2, 0.25) is 0 Å². The number of rotatable bonds is 4. The number of hydrogen-bond acceptors (Lipinski definition) is 2. The minimum absolute atomic E-state index is 0.0755. The summed E-state index contributed by atoms with van der Waals surface area (Å²) in [5.41, 5.74) is 0.916. The van der Waals surface area contributed by atoms with Crippen molar-refractivity contribution < 1.29 is 9.59 Å². The highest BCUT2D eigenvalue weighted by atomic mass is 16.2. The van der Waals surface area contributed by atoms with E-state index in [4.69, 9.17) is 0 Å². The van der Waals surface area contributed by atoms with Crippen LogP contribution in [0.15, 0.2) is 24.3 Å². The molecule has 1 fully saturated rings. The Balaban J connectivity index is 2.04. The van der Waals surface area contributed by atoms with E-state index >= 15 is 0 Å². The molecule has 0 bridgehead atoms. The lowest BCUT2D eigenvalue weighted by Gasteiger charge is -2.33. The summed E-state index contributed by atoms with van der Waals surface area (Å²) in [6.07, 6.45) is 3.22. The smallest absolute Gasteiger partial charge is 0.239 e. The number of benzene rings is 1. The number of likely N-dealkylation sites (tertiary alicyclic amines) is 1. The van der Waals surface area contributed by atoms with Crippen molar-refractivity contribution in [2.24, 2.45) is 5.41 Å². The zero-order chi connectivity index (χ0) is 17.0. The van der Waals surface area contributed by atoms with E-state index in [1.807, 2.05) is 29.2 Å². The van der Waals surface area contributed by atoms with Gasteiger partial charge in [0.2, 0.25) is 11.8 Å². The summed E-state index contributed by atoms with van der Waals surface area (Å²) in [7, 11) is 0. The lowest BCUT2D eigenvalue weighted by Crippen LogP contribution is -2.48. The Hall–Kier alpha value is -1.84. The zero-order valence-corrected chi connectivity index (χ0v) is 14.7. The van der Waals surface area contributed by atoms with Crippen molar-refractivity contribution in [2.45, 2.75) is 52.9 Å². The predicted molar refractivity (Wildman–Crippen MR) is 93.4 cm³/mol. The SMILES string of the molecule is CC(C)c1ccc(NC(=O)C(C)(C)C(=O)N2CCCCC2)cc1. The molecule has 0 aromatic heterocycles. The number of carbonyl (C=O) groups is 2. The van der Waals surface area contributed by atoms with Crippen LogP contribution in [0.25, 0.3) is 0 Å². The number of hydrogen-bond donors (Lipinski definition) is 1. The monoisotopic (exact) mass is 316 g/mol. The summed E-state index contributed by atoms with van der Waals surface area (Å²) in [6, 6.07) is 7.82. The van der Waals surface area contributed by atoms with Gasteiger partial charge in [0, 0.05) is 18.8 Å². The second kappa shape index (κ2) is 7.16. The fourth-order valence-corrected chi connectivity index (χ4v) is 2.83. The number of nitrogens with zero attached hydrogens (tertiary/aromatic N) is 1. The first-order valence-electron chi connectivity index (χ1n) is 8.53. The molecular weight excluding hydrogens is 288 g/mol. The van der Waals surface area contributed by atoms with Crippen LogP contribution in [0, 0.1) is 5.41 Å². The van der Waals surface area contributed by atoms with Crippen molar-refractivity contribution in [2.75, 3.05) is 18.4 Å². The highest BCUT2D eigenvalue weighted by Crippen LogP contribution is 2.25. The van der Waals surface area contributed by atoms with Crippen LogP contribution in [0.3, 0.4) is 0 Å². The van der Waals surface area contributed by atoms with Gasteiger partial charge in [0.15, 0.2) is 0 Å². The van der Waals surface area contributed by atoms with Crippen LogP contribution < -0.4 is 5.32 Å². The zero-order valence-electron chi connectivity index (χ0n) is 14.7. The Morgan fingerprint density at radius 2 is 1.61 bits per heavy atom. The summed E-state index contributed by atoms with van der Waals surface area (Å²) in [4.78, 5) is 27.1. The summed E-state index contributed by atoms with van der Waals surface area (Å²) in [6.45, 7) is 9.21. The third-order valence-corrected chi connectivity index (χ3v) is 4.58. The normalized spacial score (nSPS) is 15.6. The Labute approximate surface area is 139 Å². The van der Waals surface area contributed by atoms with Gasteiger partial charge in [0.25, 0.3) is 0 Å². The van der Waals surface area contributed by atoms with Crippen LogP contribution in [0.5, 0.6) is 0 Å². The van der Waals surface area contributed by atoms with E-state index in [9.17, 15) is 9.59 Å². The molecule has 1 aliphatic rings. The summed E-state index contributed by atoms with van der Waals surface area (Å²) in [5.74, 6) is 0.135. The second-order valence-electron chi connectivity index (χ2n) is 7.21. The Kier molecular flexibility index (Phi) is 5.45. The van der Waals surface area contributed by atoms with Crippen LogP contribution in [0.1, 0.15) is 58.4 Å². The fourth-order valence-electron chi connectivity index (χ4n) is 2.83. The predicted octanol–water partition coefficient (Wildman–Crippen LogP) is 3.79.